The van der Waals surface area contributed by atoms with E-state index in [9.17, 15) is 0 Å². The lowest BCUT2D eigenvalue weighted by Crippen LogP contribution is -2.28. The van der Waals surface area contributed by atoms with Crippen LogP contribution in [0.5, 0.6) is 0 Å². The summed E-state index contributed by atoms with van der Waals surface area (Å²) in [6.07, 6.45) is 3.26. The summed E-state index contributed by atoms with van der Waals surface area (Å²) < 4.78 is 0. The second-order valence-electron chi connectivity index (χ2n) is 1.85. The minimum atomic E-state index is 0.419. The normalized spacial score (nSPS) is 17.7. The van der Waals surface area contributed by atoms with Gasteiger partial charge in [-0.2, -0.15) is 0 Å². The predicted octanol–water partition coefficient (Wildman–Crippen LogP) is 0.833. The van der Waals surface area contributed by atoms with Crippen LogP contribution in [0.2, 0.25) is 0 Å². The largest absolute Gasteiger partial charge is 0.312 e. The maximum atomic E-state index is 7.23. The Balaban J connectivity index is 2.75. The first-order valence-electron chi connectivity index (χ1n) is 2.88. The molecule has 0 aromatic carbocycles. The Kier molecular flexibility index (Phi) is 1.34. The molecule has 0 aliphatic carbocycles. The lowest BCUT2D eigenvalue weighted by Gasteiger charge is -2.13. The zero-order chi connectivity index (χ0) is 6.85. The molecule has 2 N–H and O–H groups in total. The number of amidine groups is 2. The molecular weight excluding hydrogens is 114 g/mol. The molecule has 3 heteroatoms. The van der Waals surface area contributed by atoms with E-state index in [0.717, 1.165) is 0 Å². The Morgan fingerprint density at radius 1 is 1.33 bits per heavy atom. The molecule has 0 spiro atoms. The van der Waals surface area contributed by atoms with Crippen LogP contribution in [0.15, 0.2) is 12.2 Å². The summed E-state index contributed by atoms with van der Waals surface area (Å²) >= 11 is 0. The van der Waals surface area contributed by atoms with Crippen LogP contribution in [-0.4, -0.2) is 23.1 Å². The highest BCUT2D eigenvalue weighted by atomic mass is 15.2. The van der Waals surface area contributed by atoms with Crippen LogP contribution in [0.4, 0.5) is 0 Å². The fourth-order valence-corrected chi connectivity index (χ4v) is 0.808. The molecule has 1 heterocycles. The van der Waals surface area contributed by atoms with Gasteiger partial charge < -0.3 is 4.90 Å². The third-order valence-corrected chi connectivity index (χ3v) is 1.30. The molecule has 1 rings (SSSR count). The van der Waals surface area contributed by atoms with E-state index >= 15 is 0 Å². The monoisotopic (exact) mass is 123 g/mol. The van der Waals surface area contributed by atoms with Crippen LogP contribution in [0.25, 0.3) is 0 Å². The highest BCUT2D eigenvalue weighted by Crippen LogP contribution is 2.01. The van der Waals surface area contributed by atoms with Gasteiger partial charge >= 0.3 is 0 Å². The molecule has 0 saturated carbocycles. The van der Waals surface area contributed by atoms with Gasteiger partial charge in [0.15, 0.2) is 0 Å². The van der Waals surface area contributed by atoms with E-state index in [1.165, 1.54) is 0 Å². The highest BCUT2D eigenvalue weighted by molar-refractivity contribution is 6.15. The first-order chi connectivity index (χ1) is 4.25. The standard InChI is InChI=1S/C6H9N3/c1-2-9-5(7)3-4-6(9)8/h3-4,7-8H,2H2,1H3. The third kappa shape index (κ3) is 0.850. The summed E-state index contributed by atoms with van der Waals surface area (Å²) in [4.78, 5) is 1.62. The zero-order valence-corrected chi connectivity index (χ0v) is 5.31. The molecule has 0 aromatic rings. The van der Waals surface area contributed by atoms with Gasteiger partial charge in [0.25, 0.3) is 0 Å². The van der Waals surface area contributed by atoms with Crippen molar-refractivity contribution in [1.29, 1.82) is 10.8 Å². The van der Waals surface area contributed by atoms with Crippen LogP contribution in [0, 0.1) is 10.8 Å². The fourth-order valence-electron chi connectivity index (χ4n) is 0.808. The second-order valence-corrected chi connectivity index (χ2v) is 1.85. The average Bonchev–Trinajstić information content (AvgIpc) is 2.12. The molecule has 1 aliphatic rings. The molecule has 0 radical (unpaired) electrons. The third-order valence-electron chi connectivity index (χ3n) is 1.30. The zero-order valence-electron chi connectivity index (χ0n) is 5.31. The second kappa shape index (κ2) is 2.01. The molecule has 0 bridgehead atoms. The number of nitrogens with one attached hydrogen (secondary N) is 2. The van der Waals surface area contributed by atoms with E-state index in [-0.39, 0.29) is 0 Å². The van der Waals surface area contributed by atoms with Crippen LogP contribution in [-0.2, 0) is 0 Å². The molecular formula is C6H9N3. The molecule has 0 aromatic heterocycles. The summed E-state index contributed by atoms with van der Waals surface area (Å²) in [7, 11) is 0. The van der Waals surface area contributed by atoms with Crippen molar-refractivity contribution in [2.45, 2.75) is 6.92 Å². The Hall–Kier alpha value is -1.12. The lowest BCUT2D eigenvalue weighted by atomic mass is 10.5. The average molecular weight is 123 g/mol. The minimum Gasteiger partial charge on any atom is -0.312 e. The van der Waals surface area contributed by atoms with E-state index in [1.54, 1.807) is 17.1 Å². The van der Waals surface area contributed by atoms with Crippen LogP contribution >= 0.6 is 0 Å². The molecule has 0 atom stereocenters. The highest BCUT2D eigenvalue weighted by Gasteiger charge is 2.13. The van der Waals surface area contributed by atoms with E-state index < -0.39 is 0 Å². The number of rotatable bonds is 1. The van der Waals surface area contributed by atoms with Gasteiger partial charge in [-0.1, -0.05) is 0 Å². The topological polar surface area (TPSA) is 50.9 Å². The Bertz CT molecular complexity index is 163. The van der Waals surface area contributed by atoms with Crippen molar-refractivity contribution in [2.75, 3.05) is 6.54 Å². The molecule has 48 valence electrons. The van der Waals surface area contributed by atoms with E-state index in [0.29, 0.717) is 18.2 Å². The molecule has 0 saturated heterocycles. The quantitative estimate of drug-likeness (QED) is 0.533. The number of hydrogen-bond donors (Lipinski definition) is 2. The SMILES string of the molecule is CCN1C(=N)C=CC1=N. The molecule has 1 aliphatic heterocycles. The summed E-state index contributed by atoms with van der Waals surface area (Å²) in [5.41, 5.74) is 0. The van der Waals surface area contributed by atoms with Gasteiger partial charge in [-0.3, -0.25) is 10.8 Å². The first-order valence-corrected chi connectivity index (χ1v) is 2.88. The van der Waals surface area contributed by atoms with Gasteiger partial charge in [0, 0.05) is 6.54 Å². The van der Waals surface area contributed by atoms with Crippen molar-refractivity contribution in [3.8, 4) is 0 Å². The van der Waals surface area contributed by atoms with Crippen molar-refractivity contribution in [3.05, 3.63) is 12.2 Å². The van der Waals surface area contributed by atoms with Crippen molar-refractivity contribution in [1.82, 2.24) is 4.90 Å². The molecule has 0 fully saturated rings. The summed E-state index contributed by atoms with van der Waals surface area (Å²) in [6.45, 7) is 2.64. The van der Waals surface area contributed by atoms with Crippen molar-refractivity contribution in [3.63, 3.8) is 0 Å². The van der Waals surface area contributed by atoms with Crippen molar-refractivity contribution in [2.24, 2.45) is 0 Å². The van der Waals surface area contributed by atoms with Crippen LogP contribution < -0.4 is 0 Å². The van der Waals surface area contributed by atoms with Crippen LogP contribution in [0.3, 0.4) is 0 Å². The van der Waals surface area contributed by atoms with E-state index in [2.05, 4.69) is 0 Å². The van der Waals surface area contributed by atoms with Gasteiger partial charge in [0.05, 0.1) is 0 Å². The van der Waals surface area contributed by atoms with Gasteiger partial charge in [0.2, 0.25) is 0 Å². The molecule has 3 nitrogen and oxygen atoms in total. The Labute approximate surface area is 54.0 Å². The van der Waals surface area contributed by atoms with E-state index in [4.69, 9.17) is 10.8 Å². The summed E-state index contributed by atoms with van der Waals surface area (Å²) in [6, 6.07) is 0. The molecule has 0 amide bonds. The van der Waals surface area contributed by atoms with Crippen molar-refractivity contribution < 1.29 is 0 Å². The Morgan fingerprint density at radius 2 is 1.78 bits per heavy atom. The lowest BCUT2D eigenvalue weighted by molar-refractivity contribution is 0.650. The summed E-state index contributed by atoms with van der Waals surface area (Å²) in [5, 5.41) is 14.5. The molecule has 0 unspecified atom stereocenters. The number of likely N-dealkylation sites (N-methyl/N-ethyl adjacent to an activating group) is 1. The van der Waals surface area contributed by atoms with Gasteiger partial charge in [-0.25, -0.2) is 0 Å². The number of nitrogens with zero attached hydrogens (tertiary/aromatic N) is 1. The predicted molar refractivity (Wildman–Crippen MR) is 37.0 cm³/mol. The minimum absolute atomic E-state index is 0.419. The van der Waals surface area contributed by atoms with Gasteiger partial charge in [0.1, 0.15) is 11.7 Å². The maximum absolute atomic E-state index is 7.23. The number of hydrogen-bond acceptors (Lipinski definition) is 2. The van der Waals surface area contributed by atoms with E-state index in [1.807, 2.05) is 6.92 Å². The summed E-state index contributed by atoms with van der Waals surface area (Å²) in [5.74, 6) is 0.838. The van der Waals surface area contributed by atoms with Gasteiger partial charge in [-0.15, -0.1) is 0 Å². The fraction of sp³-hybridized carbons (Fsp3) is 0.333. The smallest absolute Gasteiger partial charge is 0.126 e. The van der Waals surface area contributed by atoms with Gasteiger partial charge in [-0.05, 0) is 19.1 Å². The van der Waals surface area contributed by atoms with Crippen molar-refractivity contribution >= 4 is 11.7 Å². The first kappa shape index (κ1) is 6.01. The van der Waals surface area contributed by atoms with Crippen LogP contribution in [0.1, 0.15) is 6.92 Å². The molecule has 9 heavy (non-hydrogen) atoms. The maximum Gasteiger partial charge on any atom is 0.126 e. The Morgan fingerprint density at radius 3 is 2.00 bits per heavy atom.